The van der Waals surface area contributed by atoms with Gasteiger partial charge in [0.05, 0.1) is 6.54 Å². The largest absolute Gasteiger partial charge is 0.306 e. The second-order valence-electron chi connectivity index (χ2n) is 6.24. The van der Waals surface area contributed by atoms with Gasteiger partial charge < -0.3 is 4.90 Å². The Hall–Kier alpha value is -0.520. The molecular formula is C13H20N4S. The molecule has 4 rings (SSSR count). The fourth-order valence-electron chi connectivity index (χ4n) is 3.47. The molecule has 2 aliphatic heterocycles. The minimum atomic E-state index is 0.753. The summed E-state index contributed by atoms with van der Waals surface area (Å²) in [6, 6.07) is 0. The first-order valence-electron chi connectivity index (χ1n) is 7.01. The lowest BCUT2D eigenvalue weighted by Gasteiger charge is -2.17. The molecule has 0 amide bonds. The Labute approximate surface area is 112 Å². The van der Waals surface area contributed by atoms with E-state index in [-0.39, 0.29) is 0 Å². The zero-order chi connectivity index (χ0) is 12.1. The number of hydrogen-bond acceptors (Lipinski definition) is 5. The van der Waals surface area contributed by atoms with Crippen LogP contribution in [0.3, 0.4) is 0 Å². The minimum Gasteiger partial charge on any atom is -0.306 e. The number of nitrogens with zero attached hydrogens (tertiary/aromatic N) is 4. The Morgan fingerprint density at radius 2 is 1.83 bits per heavy atom. The normalized spacial score (nSPS) is 33.2. The lowest BCUT2D eigenvalue weighted by atomic mass is 10.0. The van der Waals surface area contributed by atoms with Gasteiger partial charge in [0.1, 0.15) is 10.0 Å². The molecule has 98 valence electrons. The van der Waals surface area contributed by atoms with Crippen LogP contribution in [-0.2, 0) is 6.54 Å². The lowest BCUT2D eigenvalue weighted by Crippen LogP contribution is -2.26. The molecule has 1 saturated carbocycles. The van der Waals surface area contributed by atoms with Crippen molar-refractivity contribution in [1.29, 1.82) is 0 Å². The SMILES string of the molecule is CN1CC2CN(Cc3nnc(C4CC4)s3)CC2C1. The highest BCUT2D eigenvalue weighted by Crippen LogP contribution is 2.41. The molecule has 5 heteroatoms. The van der Waals surface area contributed by atoms with Gasteiger partial charge in [0, 0.05) is 32.1 Å². The molecule has 0 aromatic carbocycles. The van der Waals surface area contributed by atoms with Gasteiger partial charge in [0.2, 0.25) is 0 Å². The van der Waals surface area contributed by atoms with Crippen molar-refractivity contribution in [2.45, 2.75) is 25.3 Å². The molecule has 3 heterocycles. The van der Waals surface area contributed by atoms with Crippen LogP contribution >= 0.6 is 11.3 Å². The van der Waals surface area contributed by atoms with Crippen molar-refractivity contribution in [3.05, 3.63) is 10.0 Å². The van der Waals surface area contributed by atoms with Gasteiger partial charge in [-0.3, -0.25) is 4.90 Å². The highest BCUT2D eigenvalue weighted by Gasteiger charge is 2.38. The van der Waals surface area contributed by atoms with Gasteiger partial charge in [-0.1, -0.05) is 11.3 Å². The molecule has 3 fully saturated rings. The number of aromatic nitrogens is 2. The Balaban J connectivity index is 1.37. The Bertz CT molecular complexity index is 428. The van der Waals surface area contributed by atoms with Gasteiger partial charge in [-0.25, -0.2) is 0 Å². The van der Waals surface area contributed by atoms with E-state index in [0.717, 1.165) is 24.3 Å². The van der Waals surface area contributed by atoms with Gasteiger partial charge in [-0.2, -0.15) is 0 Å². The summed E-state index contributed by atoms with van der Waals surface area (Å²) in [7, 11) is 2.25. The quantitative estimate of drug-likeness (QED) is 0.826. The van der Waals surface area contributed by atoms with E-state index >= 15 is 0 Å². The summed E-state index contributed by atoms with van der Waals surface area (Å²) < 4.78 is 0. The maximum absolute atomic E-state index is 4.37. The molecule has 0 N–H and O–H groups in total. The molecule has 0 bridgehead atoms. The molecule has 18 heavy (non-hydrogen) atoms. The molecule has 4 nitrogen and oxygen atoms in total. The van der Waals surface area contributed by atoms with Crippen molar-refractivity contribution >= 4 is 11.3 Å². The Morgan fingerprint density at radius 3 is 2.50 bits per heavy atom. The average molecular weight is 264 g/mol. The monoisotopic (exact) mass is 264 g/mol. The molecule has 0 spiro atoms. The predicted octanol–water partition coefficient (Wildman–Crippen LogP) is 1.41. The average Bonchev–Trinajstić information content (AvgIpc) is 2.83. The minimum absolute atomic E-state index is 0.753. The second-order valence-corrected chi connectivity index (χ2v) is 7.34. The molecule has 2 saturated heterocycles. The van der Waals surface area contributed by atoms with Gasteiger partial charge in [0.15, 0.2) is 0 Å². The molecule has 3 aliphatic rings. The van der Waals surface area contributed by atoms with Crippen LogP contribution in [0.1, 0.15) is 28.8 Å². The van der Waals surface area contributed by atoms with E-state index in [1.807, 2.05) is 11.3 Å². The van der Waals surface area contributed by atoms with Crippen LogP contribution in [-0.4, -0.2) is 53.2 Å². The molecule has 2 unspecified atom stereocenters. The fraction of sp³-hybridized carbons (Fsp3) is 0.846. The van der Waals surface area contributed by atoms with Crippen molar-refractivity contribution in [3.8, 4) is 0 Å². The van der Waals surface area contributed by atoms with E-state index in [4.69, 9.17) is 0 Å². The van der Waals surface area contributed by atoms with Crippen LogP contribution in [0, 0.1) is 11.8 Å². The third kappa shape index (κ3) is 2.08. The Kier molecular flexibility index (Phi) is 2.67. The number of hydrogen-bond donors (Lipinski definition) is 0. The van der Waals surface area contributed by atoms with Crippen molar-refractivity contribution in [2.75, 3.05) is 33.2 Å². The standard InChI is InChI=1S/C13H20N4S/c1-16-4-10-6-17(7-11(10)5-16)8-12-14-15-13(18-12)9-2-3-9/h9-11H,2-8H2,1H3. The van der Waals surface area contributed by atoms with E-state index in [0.29, 0.717) is 0 Å². The predicted molar refractivity (Wildman–Crippen MR) is 71.6 cm³/mol. The summed E-state index contributed by atoms with van der Waals surface area (Å²) in [6.07, 6.45) is 2.66. The Morgan fingerprint density at radius 1 is 1.11 bits per heavy atom. The molecular weight excluding hydrogens is 244 g/mol. The topological polar surface area (TPSA) is 32.3 Å². The third-order valence-electron chi connectivity index (χ3n) is 4.51. The first-order chi connectivity index (χ1) is 8.78. The summed E-state index contributed by atoms with van der Waals surface area (Å²) in [4.78, 5) is 5.06. The first-order valence-corrected chi connectivity index (χ1v) is 7.83. The lowest BCUT2D eigenvalue weighted by molar-refractivity contribution is 0.271. The van der Waals surface area contributed by atoms with Gasteiger partial charge in [0.25, 0.3) is 0 Å². The van der Waals surface area contributed by atoms with Crippen LogP contribution in [0.5, 0.6) is 0 Å². The van der Waals surface area contributed by atoms with E-state index in [2.05, 4.69) is 27.0 Å². The number of fused-ring (bicyclic) bond motifs is 1. The van der Waals surface area contributed by atoms with Crippen molar-refractivity contribution in [3.63, 3.8) is 0 Å². The smallest absolute Gasteiger partial charge is 0.131 e. The summed E-state index contributed by atoms with van der Waals surface area (Å²) in [5.74, 6) is 2.54. The van der Waals surface area contributed by atoms with E-state index in [9.17, 15) is 0 Å². The van der Waals surface area contributed by atoms with E-state index in [1.165, 1.54) is 49.0 Å². The maximum Gasteiger partial charge on any atom is 0.131 e. The van der Waals surface area contributed by atoms with Crippen LogP contribution in [0.25, 0.3) is 0 Å². The van der Waals surface area contributed by atoms with E-state index < -0.39 is 0 Å². The number of rotatable bonds is 3. The maximum atomic E-state index is 4.37. The highest BCUT2D eigenvalue weighted by molar-refractivity contribution is 7.11. The van der Waals surface area contributed by atoms with Crippen LogP contribution in [0.2, 0.25) is 0 Å². The molecule has 2 atom stereocenters. The molecule has 1 aliphatic carbocycles. The van der Waals surface area contributed by atoms with Gasteiger partial charge in [-0.05, 0) is 31.7 Å². The van der Waals surface area contributed by atoms with Gasteiger partial charge in [-0.15, -0.1) is 10.2 Å². The zero-order valence-electron chi connectivity index (χ0n) is 10.9. The second kappa shape index (κ2) is 4.25. The van der Waals surface area contributed by atoms with Crippen molar-refractivity contribution in [1.82, 2.24) is 20.0 Å². The summed E-state index contributed by atoms with van der Waals surface area (Å²) in [6.45, 7) is 6.11. The summed E-state index contributed by atoms with van der Waals surface area (Å²) in [5.41, 5.74) is 0. The van der Waals surface area contributed by atoms with Crippen molar-refractivity contribution < 1.29 is 0 Å². The number of likely N-dealkylation sites (tertiary alicyclic amines) is 2. The van der Waals surface area contributed by atoms with E-state index in [1.54, 1.807) is 0 Å². The van der Waals surface area contributed by atoms with Crippen LogP contribution in [0.4, 0.5) is 0 Å². The fourth-order valence-corrected chi connectivity index (χ4v) is 4.53. The zero-order valence-corrected chi connectivity index (χ0v) is 11.7. The van der Waals surface area contributed by atoms with Crippen LogP contribution < -0.4 is 0 Å². The highest BCUT2D eigenvalue weighted by atomic mass is 32.1. The first kappa shape index (κ1) is 11.3. The van der Waals surface area contributed by atoms with Gasteiger partial charge >= 0.3 is 0 Å². The summed E-state index contributed by atoms with van der Waals surface area (Å²) >= 11 is 1.84. The molecule has 1 aromatic rings. The third-order valence-corrected chi connectivity index (χ3v) is 5.58. The molecule has 0 radical (unpaired) electrons. The van der Waals surface area contributed by atoms with Crippen LogP contribution in [0.15, 0.2) is 0 Å². The molecule has 1 aromatic heterocycles. The summed E-state index contributed by atoms with van der Waals surface area (Å²) in [5, 5.41) is 11.2. The van der Waals surface area contributed by atoms with Crippen molar-refractivity contribution in [2.24, 2.45) is 11.8 Å².